The first-order valence-corrected chi connectivity index (χ1v) is 16.1. The number of hydrogen-bond acceptors (Lipinski definition) is 8. The molecule has 0 bridgehead atoms. The van der Waals surface area contributed by atoms with Crippen LogP contribution in [0.3, 0.4) is 0 Å². The van der Waals surface area contributed by atoms with Crippen LogP contribution in [-0.2, 0) is 22.6 Å². The van der Waals surface area contributed by atoms with Gasteiger partial charge in [-0.2, -0.15) is 0 Å². The lowest BCUT2D eigenvalue weighted by atomic mass is 9.99. The van der Waals surface area contributed by atoms with Crippen LogP contribution < -0.4 is 5.32 Å². The van der Waals surface area contributed by atoms with E-state index in [0.717, 1.165) is 33.4 Å². The van der Waals surface area contributed by atoms with E-state index in [1.807, 2.05) is 72.8 Å². The van der Waals surface area contributed by atoms with Crippen LogP contribution in [0, 0.1) is 0 Å². The first kappa shape index (κ1) is 32.1. The van der Waals surface area contributed by atoms with Crippen molar-refractivity contribution in [2.45, 2.75) is 43.1 Å². The highest BCUT2D eigenvalue weighted by molar-refractivity contribution is 7.99. The first-order chi connectivity index (χ1) is 23.0. The maximum Gasteiger partial charge on any atom is 0.338 e. The average molecular weight is 648 g/mol. The van der Waals surface area contributed by atoms with E-state index in [9.17, 15) is 19.8 Å². The van der Waals surface area contributed by atoms with E-state index in [1.165, 1.54) is 18.0 Å². The first-order valence-electron chi connectivity index (χ1n) is 15.2. The standard InChI is InChI=1S/C37H33N3O6S/c41-22-24-11-13-26(14-12-24)33-19-31(23-47-35-32(36(43)44)10-4-16-39-35)45-37(46-33)29-8-2-7-28(18-29)27-6-1-5-25(17-27)20-40-34(42)30-9-3-15-38-21-30/h1-18,21,31,33,37,41H,19-20,22-23H2,(H,40,42)(H,43,44). The van der Waals surface area contributed by atoms with Gasteiger partial charge in [0.1, 0.15) is 5.03 Å². The SMILES string of the molecule is O=C(NCc1cccc(-c2cccc(C3OC(CSc4ncccc4C(=O)O)CC(c4ccc(CO)cc4)O3)c2)c1)c1cccnc1. The van der Waals surface area contributed by atoms with E-state index in [1.54, 1.807) is 36.7 Å². The number of pyridine rings is 2. The minimum Gasteiger partial charge on any atom is -0.478 e. The van der Waals surface area contributed by atoms with E-state index < -0.39 is 12.3 Å². The Balaban J connectivity index is 1.21. The Labute approximate surface area is 276 Å². The van der Waals surface area contributed by atoms with Crippen LogP contribution >= 0.6 is 11.8 Å². The highest BCUT2D eigenvalue weighted by Crippen LogP contribution is 2.40. The highest BCUT2D eigenvalue weighted by atomic mass is 32.2. The minimum atomic E-state index is -1.02. The molecule has 0 spiro atoms. The number of aromatic nitrogens is 2. The van der Waals surface area contributed by atoms with E-state index >= 15 is 0 Å². The topological polar surface area (TPSA) is 131 Å². The summed E-state index contributed by atoms with van der Waals surface area (Å²) in [6.07, 6.45) is 4.08. The molecule has 10 heteroatoms. The molecule has 0 radical (unpaired) electrons. The monoisotopic (exact) mass is 647 g/mol. The summed E-state index contributed by atoms with van der Waals surface area (Å²) in [7, 11) is 0. The Hall–Kier alpha value is -4.87. The summed E-state index contributed by atoms with van der Waals surface area (Å²) in [5.74, 6) is -0.730. The average Bonchev–Trinajstić information content (AvgIpc) is 3.13. The molecule has 1 saturated heterocycles. The molecule has 47 heavy (non-hydrogen) atoms. The summed E-state index contributed by atoms with van der Waals surface area (Å²) >= 11 is 1.35. The van der Waals surface area contributed by atoms with E-state index in [4.69, 9.17) is 9.47 Å². The summed E-state index contributed by atoms with van der Waals surface area (Å²) in [6, 6.07) is 30.3. The Bertz CT molecular complexity index is 1840. The third kappa shape index (κ3) is 8.11. The van der Waals surface area contributed by atoms with Gasteiger partial charge in [-0.3, -0.25) is 9.78 Å². The molecule has 1 aliphatic rings. The maximum absolute atomic E-state index is 12.5. The van der Waals surface area contributed by atoms with Crippen LogP contribution in [0.5, 0.6) is 0 Å². The summed E-state index contributed by atoms with van der Waals surface area (Å²) in [4.78, 5) is 32.6. The predicted molar refractivity (Wildman–Crippen MR) is 178 cm³/mol. The minimum absolute atomic E-state index is 0.0440. The third-order valence-corrected chi connectivity index (χ3v) is 8.96. The fraction of sp³-hybridized carbons (Fsp3) is 0.189. The molecule has 1 fully saturated rings. The molecule has 1 aliphatic heterocycles. The number of aliphatic hydroxyl groups excluding tert-OH is 1. The Morgan fingerprint density at radius 1 is 0.851 bits per heavy atom. The lowest BCUT2D eigenvalue weighted by Gasteiger charge is -2.36. The number of nitrogens with one attached hydrogen (secondary N) is 1. The van der Waals surface area contributed by atoms with Crippen molar-refractivity contribution >= 4 is 23.6 Å². The molecular formula is C37H33N3O6S. The molecule has 0 saturated carbocycles. The van der Waals surface area contributed by atoms with Gasteiger partial charge in [-0.05, 0) is 64.2 Å². The molecule has 3 heterocycles. The van der Waals surface area contributed by atoms with Gasteiger partial charge in [0.25, 0.3) is 5.91 Å². The summed E-state index contributed by atoms with van der Waals surface area (Å²) < 4.78 is 13.0. The number of nitrogens with zero attached hydrogens (tertiary/aromatic N) is 2. The fourth-order valence-corrected chi connectivity index (χ4v) is 6.38. The third-order valence-electron chi connectivity index (χ3n) is 7.82. The zero-order valence-electron chi connectivity index (χ0n) is 25.4. The van der Waals surface area contributed by atoms with E-state index in [0.29, 0.717) is 29.3 Å². The van der Waals surface area contributed by atoms with Crippen molar-refractivity contribution in [3.8, 4) is 11.1 Å². The summed E-state index contributed by atoms with van der Waals surface area (Å²) in [5.41, 5.74) is 6.18. The van der Waals surface area contributed by atoms with Gasteiger partial charge in [0.05, 0.1) is 29.9 Å². The summed E-state index contributed by atoms with van der Waals surface area (Å²) in [6.45, 7) is 0.323. The molecule has 0 aliphatic carbocycles. The second-order valence-electron chi connectivity index (χ2n) is 11.1. The van der Waals surface area contributed by atoms with Crippen molar-refractivity contribution < 1.29 is 29.3 Å². The molecular weight excluding hydrogens is 614 g/mol. The summed E-state index contributed by atoms with van der Waals surface area (Å²) in [5, 5.41) is 22.5. The van der Waals surface area contributed by atoms with Crippen molar-refractivity contribution in [2.75, 3.05) is 5.75 Å². The lowest BCUT2D eigenvalue weighted by molar-refractivity contribution is -0.245. The van der Waals surface area contributed by atoms with Gasteiger partial charge in [-0.1, -0.05) is 60.7 Å². The zero-order chi connectivity index (χ0) is 32.6. The van der Waals surface area contributed by atoms with Crippen molar-refractivity contribution in [3.63, 3.8) is 0 Å². The molecule has 3 aromatic carbocycles. The van der Waals surface area contributed by atoms with Crippen molar-refractivity contribution in [3.05, 3.63) is 149 Å². The largest absolute Gasteiger partial charge is 0.478 e. The number of ether oxygens (including phenoxy) is 2. The molecule has 2 aromatic heterocycles. The number of hydrogen-bond donors (Lipinski definition) is 3. The van der Waals surface area contributed by atoms with Crippen molar-refractivity contribution in [2.24, 2.45) is 0 Å². The Morgan fingerprint density at radius 2 is 1.64 bits per heavy atom. The van der Waals surface area contributed by atoms with Crippen LogP contribution in [0.2, 0.25) is 0 Å². The number of rotatable bonds is 11. The number of aromatic carboxylic acids is 1. The molecule has 238 valence electrons. The second-order valence-corrected chi connectivity index (χ2v) is 12.1. The number of thioether (sulfide) groups is 1. The molecule has 3 atom stereocenters. The number of carboxylic acid groups (broad SMARTS) is 1. The van der Waals surface area contributed by atoms with Crippen LogP contribution in [0.15, 0.2) is 121 Å². The number of carbonyl (C=O) groups is 2. The quantitative estimate of drug-likeness (QED) is 0.136. The van der Waals surface area contributed by atoms with Gasteiger partial charge < -0.3 is 25.0 Å². The number of carbonyl (C=O) groups excluding carboxylic acids is 1. The lowest BCUT2D eigenvalue weighted by Crippen LogP contribution is -2.31. The van der Waals surface area contributed by atoms with Crippen LogP contribution in [0.1, 0.15) is 61.8 Å². The van der Waals surface area contributed by atoms with Gasteiger partial charge in [0.15, 0.2) is 6.29 Å². The van der Waals surface area contributed by atoms with Gasteiger partial charge in [0.2, 0.25) is 0 Å². The Morgan fingerprint density at radius 3 is 2.40 bits per heavy atom. The number of benzene rings is 3. The highest BCUT2D eigenvalue weighted by Gasteiger charge is 2.33. The number of carboxylic acids is 1. The number of amides is 1. The maximum atomic E-state index is 12.5. The fourth-order valence-electron chi connectivity index (χ4n) is 5.37. The predicted octanol–water partition coefficient (Wildman–Crippen LogP) is 6.60. The molecule has 1 amide bonds. The molecule has 3 N–H and O–H groups in total. The Kier molecular flexibility index (Phi) is 10.3. The molecule has 5 aromatic rings. The van der Waals surface area contributed by atoms with Gasteiger partial charge in [-0.15, -0.1) is 11.8 Å². The molecule has 6 rings (SSSR count). The molecule has 9 nitrogen and oxygen atoms in total. The number of aliphatic hydroxyl groups is 1. The smallest absolute Gasteiger partial charge is 0.338 e. The van der Waals surface area contributed by atoms with E-state index in [2.05, 4.69) is 15.3 Å². The van der Waals surface area contributed by atoms with Crippen LogP contribution in [0.25, 0.3) is 11.1 Å². The van der Waals surface area contributed by atoms with Gasteiger partial charge in [0, 0.05) is 42.9 Å². The van der Waals surface area contributed by atoms with Crippen LogP contribution in [0.4, 0.5) is 0 Å². The van der Waals surface area contributed by atoms with Gasteiger partial charge >= 0.3 is 5.97 Å². The molecule has 3 unspecified atom stereocenters. The van der Waals surface area contributed by atoms with E-state index in [-0.39, 0.29) is 30.3 Å². The van der Waals surface area contributed by atoms with Gasteiger partial charge in [-0.25, -0.2) is 9.78 Å². The normalized spacial score (nSPS) is 17.6. The van der Waals surface area contributed by atoms with Crippen LogP contribution in [-0.4, -0.2) is 43.9 Å². The zero-order valence-corrected chi connectivity index (χ0v) is 26.2. The van der Waals surface area contributed by atoms with Crippen molar-refractivity contribution in [1.82, 2.24) is 15.3 Å². The van der Waals surface area contributed by atoms with Crippen molar-refractivity contribution in [1.29, 1.82) is 0 Å². The second kappa shape index (κ2) is 15.1.